The first kappa shape index (κ1) is 19.7. The Morgan fingerprint density at radius 1 is 1.40 bits per heavy atom. The van der Waals surface area contributed by atoms with Gasteiger partial charge in [0, 0.05) is 31.6 Å². The van der Waals surface area contributed by atoms with Crippen molar-refractivity contribution in [3.05, 3.63) is 24.3 Å². The Bertz CT molecular complexity index is 705. The highest BCUT2D eigenvalue weighted by Gasteiger charge is 2.36. The van der Waals surface area contributed by atoms with Crippen LogP contribution in [0.4, 0.5) is 0 Å². The van der Waals surface area contributed by atoms with E-state index < -0.39 is 16.0 Å². The van der Waals surface area contributed by atoms with Gasteiger partial charge in [-0.1, -0.05) is 6.07 Å². The summed E-state index contributed by atoms with van der Waals surface area (Å²) < 4.78 is 32.5. The molecule has 25 heavy (non-hydrogen) atoms. The third-order valence-electron chi connectivity index (χ3n) is 4.73. The first-order valence-corrected chi connectivity index (χ1v) is 9.72. The van der Waals surface area contributed by atoms with E-state index in [0.29, 0.717) is 31.7 Å². The molecule has 0 unspecified atom stereocenters. The highest BCUT2D eigenvalue weighted by molar-refractivity contribution is 7.89. The van der Waals surface area contributed by atoms with Crippen molar-refractivity contribution in [2.45, 2.75) is 30.2 Å². The van der Waals surface area contributed by atoms with Gasteiger partial charge in [0.2, 0.25) is 10.0 Å². The fraction of sp³-hybridized carbons (Fsp3) is 0.588. The second-order valence-corrected chi connectivity index (χ2v) is 8.49. The van der Waals surface area contributed by atoms with Gasteiger partial charge in [0.15, 0.2) is 0 Å². The van der Waals surface area contributed by atoms with Crippen LogP contribution in [0.2, 0.25) is 0 Å². The number of piperidine rings is 1. The molecule has 1 aliphatic rings. The van der Waals surface area contributed by atoms with E-state index in [0.717, 1.165) is 0 Å². The minimum absolute atomic E-state index is 0.0137. The molecule has 8 heteroatoms. The van der Waals surface area contributed by atoms with Crippen LogP contribution in [0.15, 0.2) is 29.2 Å². The van der Waals surface area contributed by atoms with E-state index in [2.05, 4.69) is 4.90 Å². The van der Waals surface area contributed by atoms with Crippen molar-refractivity contribution < 1.29 is 23.1 Å². The maximum atomic E-state index is 13.0. The summed E-state index contributed by atoms with van der Waals surface area (Å²) in [7, 11) is 1.77. The monoisotopic (exact) mass is 370 g/mol. The molecule has 0 bridgehead atoms. The Kier molecular flexibility index (Phi) is 6.42. The SMILES string of the molecule is COc1cccc(S(=O)(=O)N2CC[C@@H](N(C)C)[C@@H](CCC(=O)O)C2)c1. The Morgan fingerprint density at radius 2 is 2.12 bits per heavy atom. The normalized spacial score (nSPS) is 22.1. The van der Waals surface area contributed by atoms with Crippen molar-refractivity contribution in [3.63, 3.8) is 0 Å². The topological polar surface area (TPSA) is 87.2 Å². The van der Waals surface area contributed by atoms with Gasteiger partial charge < -0.3 is 14.7 Å². The lowest BCUT2D eigenvalue weighted by atomic mass is 9.88. The number of hydrogen-bond donors (Lipinski definition) is 1. The van der Waals surface area contributed by atoms with Gasteiger partial charge in [0.05, 0.1) is 12.0 Å². The molecule has 7 nitrogen and oxygen atoms in total. The fourth-order valence-electron chi connectivity index (χ4n) is 3.39. The molecule has 0 spiro atoms. The molecule has 2 rings (SSSR count). The Labute approximate surface area is 149 Å². The van der Waals surface area contributed by atoms with Gasteiger partial charge in [-0.3, -0.25) is 4.79 Å². The number of rotatable bonds is 7. The zero-order valence-corrected chi connectivity index (χ0v) is 15.7. The number of nitrogens with zero attached hydrogens (tertiary/aromatic N) is 2. The van der Waals surface area contributed by atoms with E-state index in [9.17, 15) is 13.2 Å². The molecular weight excluding hydrogens is 344 g/mol. The largest absolute Gasteiger partial charge is 0.497 e. The number of methoxy groups -OCH3 is 1. The molecule has 140 valence electrons. The number of aliphatic carboxylic acids is 1. The lowest BCUT2D eigenvalue weighted by Crippen LogP contribution is -2.50. The number of carbonyl (C=O) groups is 1. The Balaban J connectivity index is 2.22. The second-order valence-electron chi connectivity index (χ2n) is 6.55. The third kappa shape index (κ3) is 4.71. The molecule has 2 atom stereocenters. The van der Waals surface area contributed by atoms with E-state index in [1.54, 1.807) is 18.2 Å². The van der Waals surface area contributed by atoms with Crippen LogP contribution in [-0.2, 0) is 14.8 Å². The Morgan fingerprint density at radius 3 is 2.72 bits per heavy atom. The predicted molar refractivity (Wildman–Crippen MR) is 94.2 cm³/mol. The van der Waals surface area contributed by atoms with E-state index >= 15 is 0 Å². The van der Waals surface area contributed by atoms with Crippen molar-refractivity contribution in [3.8, 4) is 5.75 Å². The van der Waals surface area contributed by atoms with Gasteiger partial charge in [-0.25, -0.2) is 8.42 Å². The van der Waals surface area contributed by atoms with Crippen LogP contribution < -0.4 is 4.74 Å². The molecule has 1 fully saturated rings. The standard InChI is InChI=1S/C17H26N2O5S/c1-18(2)16-9-10-19(12-13(16)7-8-17(20)21)25(22,23)15-6-4-5-14(11-15)24-3/h4-6,11,13,16H,7-10,12H2,1-3H3,(H,20,21)/t13-,16+/m0/s1. The summed E-state index contributed by atoms with van der Waals surface area (Å²) in [6.07, 6.45) is 1.19. The van der Waals surface area contributed by atoms with Crippen molar-refractivity contribution in [2.24, 2.45) is 5.92 Å². The third-order valence-corrected chi connectivity index (χ3v) is 6.59. The zero-order valence-electron chi connectivity index (χ0n) is 14.9. The summed E-state index contributed by atoms with van der Waals surface area (Å²) in [5.74, 6) is -0.378. The highest BCUT2D eigenvalue weighted by atomic mass is 32.2. The minimum Gasteiger partial charge on any atom is -0.497 e. The lowest BCUT2D eigenvalue weighted by molar-refractivity contribution is -0.137. The van der Waals surface area contributed by atoms with Crippen LogP contribution in [0.3, 0.4) is 0 Å². The average Bonchev–Trinajstić information content (AvgIpc) is 2.59. The number of benzene rings is 1. The van der Waals surface area contributed by atoms with E-state index in [1.165, 1.54) is 17.5 Å². The molecule has 0 radical (unpaired) electrons. The summed E-state index contributed by atoms with van der Waals surface area (Å²) in [6.45, 7) is 0.752. The van der Waals surface area contributed by atoms with Crippen molar-refractivity contribution >= 4 is 16.0 Å². The van der Waals surface area contributed by atoms with Gasteiger partial charge in [-0.15, -0.1) is 0 Å². The summed E-state index contributed by atoms with van der Waals surface area (Å²) in [5, 5.41) is 8.97. The number of hydrogen-bond acceptors (Lipinski definition) is 5. The molecule has 0 aliphatic carbocycles. The van der Waals surface area contributed by atoms with E-state index in [1.807, 2.05) is 14.1 Å². The van der Waals surface area contributed by atoms with Crippen LogP contribution in [-0.4, -0.2) is 69.0 Å². The summed E-state index contributed by atoms with van der Waals surface area (Å²) in [5.41, 5.74) is 0. The molecule has 1 heterocycles. The summed E-state index contributed by atoms with van der Waals surface area (Å²) in [6, 6.07) is 6.60. The zero-order chi connectivity index (χ0) is 18.6. The van der Waals surface area contributed by atoms with Crippen molar-refractivity contribution in [1.29, 1.82) is 0 Å². The minimum atomic E-state index is -3.63. The first-order chi connectivity index (χ1) is 11.8. The molecule has 1 aromatic carbocycles. The highest BCUT2D eigenvalue weighted by Crippen LogP contribution is 2.29. The molecule has 1 saturated heterocycles. The quantitative estimate of drug-likeness (QED) is 0.783. The maximum absolute atomic E-state index is 13.0. The summed E-state index contributed by atoms with van der Waals surface area (Å²) in [4.78, 5) is 13.2. The first-order valence-electron chi connectivity index (χ1n) is 8.28. The van der Waals surface area contributed by atoms with Gasteiger partial charge >= 0.3 is 5.97 Å². The maximum Gasteiger partial charge on any atom is 0.303 e. The molecule has 1 aliphatic heterocycles. The molecule has 0 amide bonds. The number of carboxylic acid groups (broad SMARTS) is 1. The second kappa shape index (κ2) is 8.16. The van der Waals surface area contributed by atoms with Crippen LogP contribution >= 0.6 is 0 Å². The predicted octanol–water partition coefficient (Wildman–Crippen LogP) is 1.50. The van der Waals surface area contributed by atoms with Gasteiger partial charge in [-0.2, -0.15) is 4.31 Å². The molecular formula is C17H26N2O5S. The van der Waals surface area contributed by atoms with Gasteiger partial charge in [0.25, 0.3) is 0 Å². The van der Waals surface area contributed by atoms with Crippen LogP contribution in [0, 0.1) is 5.92 Å². The van der Waals surface area contributed by atoms with Crippen molar-refractivity contribution in [1.82, 2.24) is 9.21 Å². The summed E-state index contributed by atoms with van der Waals surface area (Å²) >= 11 is 0. The number of carboxylic acids is 1. The van der Waals surface area contributed by atoms with Gasteiger partial charge in [0.1, 0.15) is 5.75 Å². The van der Waals surface area contributed by atoms with E-state index in [4.69, 9.17) is 9.84 Å². The smallest absolute Gasteiger partial charge is 0.303 e. The number of ether oxygens (including phenoxy) is 1. The van der Waals surface area contributed by atoms with Crippen LogP contribution in [0.1, 0.15) is 19.3 Å². The van der Waals surface area contributed by atoms with E-state index in [-0.39, 0.29) is 23.3 Å². The fourth-order valence-corrected chi connectivity index (χ4v) is 4.94. The van der Waals surface area contributed by atoms with Crippen LogP contribution in [0.5, 0.6) is 5.75 Å². The molecule has 1 N–H and O–H groups in total. The average molecular weight is 370 g/mol. The molecule has 0 saturated carbocycles. The molecule has 1 aromatic rings. The van der Waals surface area contributed by atoms with Crippen molar-refractivity contribution in [2.75, 3.05) is 34.3 Å². The van der Waals surface area contributed by atoms with Gasteiger partial charge in [-0.05, 0) is 45.0 Å². The lowest BCUT2D eigenvalue weighted by Gasteiger charge is -2.41. The van der Waals surface area contributed by atoms with Crippen LogP contribution in [0.25, 0.3) is 0 Å². The number of sulfonamides is 1. The Hall–Kier alpha value is -1.64. The molecule has 0 aromatic heterocycles.